The molecule has 0 aliphatic rings. The number of aromatic nitrogens is 2. The number of hydrogen-bond donors (Lipinski definition) is 0. The van der Waals surface area contributed by atoms with E-state index in [-0.39, 0.29) is 6.61 Å². The molecule has 0 unspecified atom stereocenters. The van der Waals surface area contributed by atoms with Crippen LogP contribution in [0.4, 0.5) is 0 Å². The minimum Gasteiger partial charge on any atom is -0.386 e. The van der Waals surface area contributed by atoms with E-state index in [1.165, 1.54) is 5.56 Å². The fourth-order valence-corrected chi connectivity index (χ4v) is 2.41. The molecule has 2 aromatic carbocycles. The molecule has 3 aromatic rings. The number of hydrogen-bond acceptors (Lipinski definition) is 5. The molecule has 0 atom stereocenters. The lowest BCUT2D eigenvalue weighted by atomic mass is 10.0. The summed E-state index contributed by atoms with van der Waals surface area (Å²) in [5.41, 5.74) is 3.04. The Balaban J connectivity index is 1.55. The highest BCUT2D eigenvalue weighted by Gasteiger charge is 2.09. The first-order valence-electron chi connectivity index (χ1n) is 7.95. The van der Waals surface area contributed by atoms with Crippen molar-refractivity contribution in [2.45, 2.75) is 26.4 Å². The molecule has 25 heavy (non-hydrogen) atoms. The summed E-state index contributed by atoms with van der Waals surface area (Å²) in [6, 6.07) is 15.4. The SMILES string of the molecule is CC(C)c1ccc(/C=N\OCc2nc(-c3cccc(Cl)c3)no2)cc1. The van der Waals surface area contributed by atoms with Crippen LogP contribution in [0, 0.1) is 0 Å². The molecular weight excluding hydrogens is 338 g/mol. The van der Waals surface area contributed by atoms with E-state index >= 15 is 0 Å². The summed E-state index contributed by atoms with van der Waals surface area (Å²) < 4.78 is 5.15. The zero-order chi connectivity index (χ0) is 17.6. The van der Waals surface area contributed by atoms with Crippen molar-refractivity contribution < 1.29 is 9.36 Å². The van der Waals surface area contributed by atoms with Crippen LogP contribution in [0.2, 0.25) is 5.02 Å². The van der Waals surface area contributed by atoms with Crippen LogP contribution in [0.15, 0.2) is 58.2 Å². The molecule has 0 spiro atoms. The maximum atomic E-state index is 5.96. The van der Waals surface area contributed by atoms with Crippen LogP contribution >= 0.6 is 11.6 Å². The average molecular weight is 356 g/mol. The first kappa shape index (κ1) is 17.2. The Kier molecular flexibility index (Phi) is 5.46. The van der Waals surface area contributed by atoms with Crippen molar-refractivity contribution in [2.75, 3.05) is 0 Å². The highest BCUT2D eigenvalue weighted by molar-refractivity contribution is 6.30. The molecule has 0 bridgehead atoms. The fraction of sp³-hybridized carbons (Fsp3) is 0.211. The van der Waals surface area contributed by atoms with Gasteiger partial charge in [-0.05, 0) is 29.2 Å². The van der Waals surface area contributed by atoms with Gasteiger partial charge in [-0.3, -0.25) is 0 Å². The zero-order valence-electron chi connectivity index (χ0n) is 14.0. The summed E-state index contributed by atoms with van der Waals surface area (Å²) in [6.45, 7) is 4.43. The summed E-state index contributed by atoms with van der Waals surface area (Å²) in [5.74, 6) is 1.32. The Morgan fingerprint density at radius 1 is 1.20 bits per heavy atom. The molecule has 6 heteroatoms. The minimum absolute atomic E-state index is 0.105. The molecule has 1 aromatic heterocycles. The van der Waals surface area contributed by atoms with Crippen LogP contribution in [0.5, 0.6) is 0 Å². The number of oxime groups is 1. The summed E-state index contributed by atoms with van der Waals surface area (Å²) in [6.07, 6.45) is 1.65. The lowest BCUT2D eigenvalue weighted by molar-refractivity contribution is 0.107. The number of halogens is 1. The fourth-order valence-electron chi connectivity index (χ4n) is 2.22. The van der Waals surface area contributed by atoms with Crippen molar-refractivity contribution in [2.24, 2.45) is 5.16 Å². The van der Waals surface area contributed by atoms with Crippen LogP contribution in [-0.2, 0) is 11.4 Å². The second kappa shape index (κ2) is 7.94. The Morgan fingerprint density at radius 2 is 2.00 bits per heavy atom. The van der Waals surface area contributed by atoms with Gasteiger partial charge in [0.2, 0.25) is 5.82 Å². The first-order valence-corrected chi connectivity index (χ1v) is 8.33. The average Bonchev–Trinajstić information content (AvgIpc) is 3.08. The molecule has 5 nitrogen and oxygen atoms in total. The molecule has 128 valence electrons. The molecule has 0 radical (unpaired) electrons. The third kappa shape index (κ3) is 4.67. The van der Waals surface area contributed by atoms with E-state index in [0.717, 1.165) is 11.1 Å². The molecule has 0 fully saturated rings. The predicted molar refractivity (Wildman–Crippen MR) is 97.7 cm³/mol. The van der Waals surface area contributed by atoms with Gasteiger partial charge in [0.1, 0.15) is 0 Å². The van der Waals surface area contributed by atoms with Gasteiger partial charge in [0, 0.05) is 10.6 Å². The Hall–Kier alpha value is -2.66. The molecule has 0 amide bonds. The van der Waals surface area contributed by atoms with E-state index in [9.17, 15) is 0 Å². The highest BCUT2D eigenvalue weighted by Crippen LogP contribution is 2.20. The minimum atomic E-state index is 0.105. The van der Waals surface area contributed by atoms with Gasteiger partial charge in [-0.25, -0.2) is 0 Å². The van der Waals surface area contributed by atoms with Crippen molar-refractivity contribution in [3.05, 3.63) is 70.6 Å². The lowest BCUT2D eigenvalue weighted by Crippen LogP contribution is -1.90. The molecule has 0 saturated heterocycles. The van der Waals surface area contributed by atoms with Crippen molar-refractivity contribution in [1.82, 2.24) is 10.1 Å². The van der Waals surface area contributed by atoms with Crippen molar-refractivity contribution in [1.29, 1.82) is 0 Å². The van der Waals surface area contributed by atoms with Crippen LogP contribution in [0.25, 0.3) is 11.4 Å². The maximum absolute atomic E-state index is 5.96. The van der Waals surface area contributed by atoms with E-state index < -0.39 is 0 Å². The number of rotatable bonds is 6. The van der Waals surface area contributed by atoms with Gasteiger partial charge in [-0.1, -0.05) is 72.2 Å². The topological polar surface area (TPSA) is 60.5 Å². The molecule has 0 N–H and O–H groups in total. The van der Waals surface area contributed by atoms with Crippen LogP contribution in [-0.4, -0.2) is 16.4 Å². The molecular formula is C19H18ClN3O2. The highest BCUT2D eigenvalue weighted by atomic mass is 35.5. The van der Waals surface area contributed by atoms with E-state index in [1.54, 1.807) is 18.3 Å². The monoisotopic (exact) mass is 355 g/mol. The summed E-state index contributed by atoms with van der Waals surface area (Å²) >= 11 is 5.96. The Morgan fingerprint density at radius 3 is 2.72 bits per heavy atom. The van der Waals surface area contributed by atoms with Crippen molar-refractivity contribution in [3.63, 3.8) is 0 Å². The van der Waals surface area contributed by atoms with Gasteiger partial charge in [0.05, 0.1) is 6.21 Å². The van der Waals surface area contributed by atoms with Gasteiger partial charge < -0.3 is 9.36 Å². The largest absolute Gasteiger partial charge is 0.386 e. The van der Waals surface area contributed by atoms with E-state index in [2.05, 4.69) is 41.3 Å². The normalized spacial score (nSPS) is 11.4. The van der Waals surface area contributed by atoms with E-state index in [0.29, 0.717) is 22.7 Å². The van der Waals surface area contributed by atoms with E-state index in [1.807, 2.05) is 24.3 Å². The van der Waals surface area contributed by atoms with E-state index in [4.69, 9.17) is 21.0 Å². The second-order valence-electron chi connectivity index (χ2n) is 5.85. The first-order chi connectivity index (χ1) is 12.1. The van der Waals surface area contributed by atoms with Crippen LogP contribution < -0.4 is 0 Å². The lowest BCUT2D eigenvalue weighted by Gasteiger charge is -2.04. The number of nitrogens with zero attached hydrogens (tertiary/aromatic N) is 3. The molecule has 3 rings (SSSR count). The predicted octanol–water partition coefficient (Wildman–Crippen LogP) is 5.06. The molecule has 1 heterocycles. The molecule has 0 aliphatic heterocycles. The number of benzene rings is 2. The smallest absolute Gasteiger partial charge is 0.267 e. The third-order valence-electron chi connectivity index (χ3n) is 3.62. The maximum Gasteiger partial charge on any atom is 0.267 e. The van der Waals surface area contributed by atoms with Crippen molar-refractivity contribution >= 4 is 17.8 Å². The second-order valence-corrected chi connectivity index (χ2v) is 6.29. The standard InChI is InChI=1S/C19H18ClN3O2/c1-13(2)15-8-6-14(7-9-15)11-21-24-12-18-22-19(23-25-18)16-4-3-5-17(20)10-16/h3-11,13H,12H2,1-2H3/b21-11-. The van der Waals surface area contributed by atoms with Gasteiger partial charge in [-0.15, -0.1) is 0 Å². The summed E-state index contributed by atoms with van der Waals surface area (Å²) in [5, 5.41) is 8.47. The van der Waals surface area contributed by atoms with Crippen molar-refractivity contribution in [3.8, 4) is 11.4 Å². The Labute approximate surface area is 151 Å². The molecule has 0 aliphatic carbocycles. The van der Waals surface area contributed by atoms with Gasteiger partial charge in [0.25, 0.3) is 5.89 Å². The van der Waals surface area contributed by atoms with Crippen LogP contribution in [0.3, 0.4) is 0 Å². The summed E-state index contributed by atoms with van der Waals surface area (Å²) in [4.78, 5) is 9.48. The third-order valence-corrected chi connectivity index (χ3v) is 3.85. The molecule has 0 saturated carbocycles. The zero-order valence-corrected chi connectivity index (χ0v) is 14.8. The quantitative estimate of drug-likeness (QED) is 0.457. The van der Waals surface area contributed by atoms with Gasteiger partial charge >= 0.3 is 0 Å². The van der Waals surface area contributed by atoms with Crippen LogP contribution in [0.1, 0.15) is 36.8 Å². The van der Waals surface area contributed by atoms with Gasteiger partial charge in [-0.2, -0.15) is 4.98 Å². The van der Waals surface area contributed by atoms with Gasteiger partial charge in [0.15, 0.2) is 6.61 Å². The summed E-state index contributed by atoms with van der Waals surface area (Å²) in [7, 11) is 0. The Bertz CT molecular complexity index is 857.